The monoisotopic (exact) mass is 507 g/mol. The second-order valence-corrected chi connectivity index (χ2v) is 8.76. The van der Waals surface area contributed by atoms with E-state index in [1.165, 1.54) is 24.7 Å². The molecular formula is C26H23F2N5O4. The summed E-state index contributed by atoms with van der Waals surface area (Å²) in [6, 6.07) is 8.62. The Morgan fingerprint density at radius 2 is 2.11 bits per heavy atom. The zero-order valence-electron chi connectivity index (χ0n) is 19.6. The lowest BCUT2D eigenvalue weighted by molar-refractivity contribution is 0.0566. The molecule has 2 aliphatic heterocycles. The Morgan fingerprint density at radius 3 is 2.84 bits per heavy atom. The van der Waals surface area contributed by atoms with Crippen molar-refractivity contribution in [3.05, 3.63) is 65.7 Å². The Bertz CT molecular complexity index is 1350. The average molecular weight is 507 g/mol. The SMILES string of the molecule is C#Cc1ccc(CNC(=O)c2cc(O[C@H]3CCN4C(=O)OC[C@@H]4C3)c(-c3cnn(C(F)F)c3)cn2)cc1. The van der Waals surface area contributed by atoms with Crippen LogP contribution in [0.1, 0.15) is 41.0 Å². The summed E-state index contributed by atoms with van der Waals surface area (Å²) < 4.78 is 38.1. The van der Waals surface area contributed by atoms with Crippen LogP contribution in [0.4, 0.5) is 13.6 Å². The maximum absolute atomic E-state index is 13.1. The van der Waals surface area contributed by atoms with Crippen molar-refractivity contribution in [1.82, 2.24) is 25.0 Å². The number of piperidine rings is 1. The van der Waals surface area contributed by atoms with E-state index >= 15 is 0 Å². The molecule has 190 valence electrons. The fourth-order valence-electron chi connectivity index (χ4n) is 4.40. The highest BCUT2D eigenvalue weighted by Crippen LogP contribution is 2.34. The molecule has 2 fully saturated rings. The number of nitrogens with zero attached hydrogens (tertiary/aromatic N) is 4. The second-order valence-electron chi connectivity index (χ2n) is 8.76. The molecule has 1 aromatic carbocycles. The number of pyridine rings is 1. The number of amides is 2. The molecule has 0 radical (unpaired) electrons. The van der Waals surface area contributed by atoms with Gasteiger partial charge in [-0.2, -0.15) is 13.9 Å². The summed E-state index contributed by atoms with van der Waals surface area (Å²) in [5, 5.41) is 6.51. The summed E-state index contributed by atoms with van der Waals surface area (Å²) in [6.45, 7) is -1.77. The molecular weight excluding hydrogens is 484 g/mol. The summed E-state index contributed by atoms with van der Waals surface area (Å²) in [5.74, 6) is 2.43. The van der Waals surface area contributed by atoms with Crippen LogP contribution in [0, 0.1) is 12.3 Å². The number of benzene rings is 1. The number of rotatable bonds is 7. The van der Waals surface area contributed by atoms with Crippen molar-refractivity contribution in [2.75, 3.05) is 13.2 Å². The first-order valence-corrected chi connectivity index (χ1v) is 11.7. The van der Waals surface area contributed by atoms with Crippen molar-refractivity contribution in [2.45, 2.75) is 38.1 Å². The number of fused-ring (bicyclic) bond motifs is 1. The van der Waals surface area contributed by atoms with Crippen molar-refractivity contribution >= 4 is 12.0 Å². The number of carbonyl (C=O) groups excluding carboxylic acids is 2. The minimum Gasteiger partial charge on any atom is -0.489 e. The van der Waals surface area contributed by atoms with Gasteiger partial charge in [0.25, 0.3) is 5.91 Å². The number of aromatic nitrogens is 3. The zero-order valence-corrected chi connectivity index (χ0v) is 19.6. The van der Waals surface area contributed by atoms with Crippen LogP contribution in [0.2, 0.25) is 0 Å². The van der Waals surface area contributed by atoms with Crippen LogP contribution < -0.4 is 10.1 Å². The van der Waals surface area contributed by atoms with Crippen LogP contribution in [0.3, 0.4) is 0 Å². The minimum absolute atomic E-state index is 0.0956. The van der Waals surface area contributed by atoms with Crippen LogP contribution in [-0.4, -0.2) is 57.0 Å². The number of alkyl halides is 2. The van der Waals surface area contributed by atoms with E-state index in [1.807, 2.05) is 12.1 Å². The fraction of sp³-hybridized carbons (Fsp3) is 0.308. The fourth-order valence-corrected chi connectivity index (χ4v) is 4.40. The van der Waals surface area contributed by atoms with Gasteiger partial charge in [-0.15, -0.1) is 6.42 Å². The number of nitrogens with one attached hydrogen (secondary N) is 1. The van der Waals surface area contributed by atoms with Gasteiger partial charge >= 0.3 is 12.6 Å². The third-order valence-corrected chi connectivity index (χ3v) is 6.38. The lowest BCUT2D eigenvalue weighted by Gasteiger charge is -2.32. The summed E-state index contributed by atoms with van der Waals surface area (Å²) in [6.07, 6.45) is 9.77. The van der Waals surface area contributed by atoms with E-state index < -0.39 is 12.5 Å². The van der Waals surface area contributed by atoms with Crippen LogP contribution in [0.15, 0.2) is 48.9 Å². The average Bonchev–Trinajstić information content (AvgIpc) is 3.55. The zero-order chi connectivity index (χ0) is 25.9. The molecule has 2 atom stereocenters. The van der Waals surface area contributed by atoms with Gasteiger partial charge in [-0.3, -0.25) is 9.78 Å². The molecule has 2 aromatic heterocycles. The third kappa shape index (κ3) is 5.23. The van der Waals surface area contributed by atoms with Gasteiger partial charge < -0.3 is 19.7 Å². The van der Waals surface area contributed by atoms with Crippen molar-refractivity contribution < 1.29 is 27.8 Å². The van der Waals surface area contributed by atoms with E-state index in [2.05, 4.69) is 21.3 Å². The lowest BCUT2D eigenvalue weighted by Crippen LogP contribution is -2.44. The van der Waals surface area contributed by atoms with Gasteiger partial charge in [-0.25, -0.2) is 9.48 Å². The van der Waals surface area contributed by atoms with Crippen LogP contribution in [-0.2, 0) is 11.3 Å². The molecule has 0 saturated carbocycles. The Labute approximate surface area is 211 Å². The molecule has 0 bridgehead atoms. The van der Waals surface area contributed by atoms with E-state index in [0.29, 0.717) is 47.6 Å². The molecule has 4 heterocycles. The molecule has 5 rings (SSSR count). The van der Waals surface area contributed by atoms with Crippen molar-refractivity contribution in [3.8, 4) is 29.2 Å². The molecule has 2 amide bonds. The smallest absolute Gasteiger partial charge is 0.410 e. The molecule has 2 saturated heterocycles. The third-order valence-electron chi connectivity index (χ3n) is 6.38. The largest absolute Gasteiger partial charge is 0.489 e. The summed E-state index contributed by atoms with van der Waals surface area (Å²) >= 11 is 0. The Kier molecular flexibility index (Phi) is 6.72. The highest BCUT2D eigenvalue weighted by Gasteiger charge is 2.39. The number of terminal acetylenes is 1. The molecule has 2 aliphatic rings. The Morgan fingerprint density at radius 1 is 1.30 bits per heavy atom. The highest BCUT2D eigenvalue weighted by atomic mass is 19.3. The number of hydrogen-bond donors (Lipinski definition) is 1. The summed E-state index contributed by atoms with van der Waals surface area (Å²) in [7, 11) is 0. The van der Waals surface area contributed by atoms with Gasteiger partial charge in [-0.1, -0.05) is 18.1 Å². The van der Waals surface area contributed by atoms with Gasteiger partial charge in [0.1, 0.15) is 24.2 Å². The summed E-state index contributed by atoms with van der Waals surface area (Å²) in [4.78, 5) is 30.6. The van der Waals surface area contributed by atoms with E-state index in [-0.39, 0.29) is 30.5 Å². The first-order chi connectivity index (χ1) is 17.9. The van der Waals surface area contributed by atoms with E-state index in [1.54, 1.807) is 17.0 Å². The lowest BCUT2D eigenvalue weighted by atomic mass is 10.0. The summed E-state index contributed by atoms with van der Waals surface area (Å²) in [5.41, 5.74) is 2.51. The Balaban J connectivity index is 1.36. The Hall–Kier alpha value is -4.46. The number of cyclic esters (lactones) is 1. The molecule has 11 heteroatoms. The second kappa shape index (κ2) is 10.3. The molecule has 0 spiro atoms. The van der Waals surface area contributed by atoms with Gasteiger partial charge in [0.05, 0.1) is 12.2 Å². The van der Waals surface area contributed by atoms with E-state index in [0.717, 1.165) is 11.1 Å². The predicted molar refractivity (Wildman–Crippen MR) is 128 cm³/mol. The molecule has 37 heavy (non-hydrogen) atoms. The van der Waals surface area contributed by atoms with Gasteiger partial charge in [0.2, 0.25) is 0 Å². The maximum Gasteiger partial charge on any atom is 0.410 e. The number of halogens is 2. The molecule has 1 N–H and O–H groups in total. The first kappa shape index (κ1) is 24.2. The van der Waals surface area contributed by atoms with Gasteiger partial charge in [0, 0.05) is 61.1 Å². The molecule has 3 aromatic rings. The quantitative estimate of drug-likeness (QED) is 0.491. The van der Waals surface area contributed by atoms with Crippen LogP contribution in [0.25, 0.3) is 11.1 Å². The topological polar surface area (TPSA) is 98.6 Å². The normalized spacial score (nSPS) is 18.8. The highest BCUT2D eigenvalue weighted by molar-refractivity contribution is 5.93. The van der Waals surface area contributed by atoms with Crippen molar-refractivity contribution in [1.29, 1.82) is 0 Å². The first-order valence-electron chi connectivity index (χ1n) is 11.7. The molecule has 0 aliphatic carbocycles. The molecule has 9 nitrogen and oxygen atoms in total. The van der Waals surface area contributed by atoms with Crippen molar-refractivity contribution in [3.63, 3.8) is 0 Å². The number of hydrogen-bond acceptors (Lipinski definition) is 6. The number of ether oxygens (including phenoxy) is 2. The predicted octanol–water partition coefficient (Wildman–Crippen LogP) is 3.61. The van der Waals surface area contributed by atoms with Crippen LogP contribution >= 0.6 is 0 Å². The van der Waals surface area contributed by atoms with E-state index in [4.69, 9.17) is 15.9 Å². The van der Waals surface area contributed by atoms with E-state index in [9.17, 15) is 18.4 Å². The van der Waals surface area contributed by atoms with Crippen molar-refractivity contribution in [2.24, 2.45) is 0 Å². The molecule has 0 unspecified atom stereocenters. The standard InChI is InChI=1S/C26H23F2N5O4/c1-2-16-3-5-17(6-4-16)11-30-24(34)22-10-23(21(13-29-22)18-12-31-33(14-18)25(27)28)37-20-7-8-32-19(9-20)15-36-26(32)35/h1,3-6,10,12-14,19-20,25H,7-9,11,15H2,(H,30,34)/t19-,20-/m0/s1. The maximum atomic E-state index is 13.1. The van der Waals surface area contributed by atoms with Gasteiger partial charge in [-0.05, 0) is 17.7 Å². The van der Waals surface area contributed by atoms with Gasteiger partial charge in [0.15, 0.2) is 0 Å². The number of carbonyl (C=O) groups is 2. The minimum atomic E-state index is -2.80. The van der Waals surface area contributed by atoms with Crippen LogP contribution in [0.5, 0.6) is 5.75 Å².